The Hall–Kier alpha value is 0.690. The summed E-state index contributed by atoms with van der Waals surface area (Å²) in [7, 11) is 0. The molecule has 0 amide bonds. The number of ether oxygens (including phenoxy) is 1. The SMILES string of the molecule is CC(C)CCOC1(CI)CCC(C(C)(C)C)CC1. The number of halogens is 1. The average Bonchev–Trinajstić information content (AvgIpc) is 2.28. The van der Waals surface area contributed by atoms with Gasteiger partial charge in [-0.15, -0.1) is 0 Å². The van der Waals surface area contributed by atoms with Crippen molar-refractivity contribution in [2.24, 2.45) is 17.3 Å². The number of rotatable bonds is 5. The van der Waals surface area contributed by atoms with E-state index in [-0.39, 0.29) is 5.60 Å². The summed E-state index contributed by atoms with van der Waals surface area (Å²) in [6.45, 7) is 12.6. The highest BCUT2D eigenvalue weighted by Gasteiger charge is 2.38. The third-order valence-corrected chi connectivity index (χ3v) is 5.86. The van der Waals surface area contributed by atoms with Crippen LogP contribution in [-0.2, 0) is 4.74 Å². The third-order valence-electron chi connectivity index (χ3n) is 4.47. The lowest BCUT2D eigenvalue weighted by Crippen LogP contribution is -2.41. The molecule has 0 aliphatic heterocycles. The Balaban J connectivity index is 2.44. The quantitative estimate of drug-likeness (QED) is 0.464. The maximum absolute atomic E-state index is 6.28. The monoisotopic (exact) mass is 366 g/mol. The van der Waals surface area contributed by atoms with Gasteiger partial charge in [-0.25, -0.2) is 0 Å². The lowest BCUT2D eigenvalue weighted by molar-refractivity contribution is -0.0707. The molecule has 0 N–H and O–H groups in total. The predicted octanol–water partition coefficient (Wildman–Crippen LogP) is 5.46. The Morgan fingerprint density at radius 2 is 1.78 bits per heavy atom. The van der Waals surface area contributed by atoms with Crippen LogP contribution in [0.25, 0.3) is 0 Å². The summed E-state index contributed by atoms with van der Waals surface area (Å²) < 4.78 is 7.44. The largest absolute Gasteiger partial charge is 0.374 e. The van der Waals surface area contributed by atoms with Crippen LogP contribution in [0.1, 0.15) is 66.7 Å². The molecule has 0 aromatic carbocycles. The van der Waals surface area contributed by atoms with Gasteiger partial charge < -0.3 is 4.74 Å². The number of alkyl halides is 1. The second-order valence-electron chi connectivity index (χ2n) is 7.49. The van der Waals surface area contributed by atoms with Crippen LogP contribution < -0.4 is 0 Å². The first kappa shape index (κ1) is 16.7. The Kier molecular flexibility index (Phi) is 6.43. The van der Waals surface area contributed by atoms with Gasteiger partial charge >= 0.3 is 0 Å². The fourth-order valence-corrected chi connectivity index (χ4v) is 3.82. The number of hydrogen-bond donors (Lipinski definition) is 0. The Morgan fingerprint density at radius 1 is 1.22 bits per heavy atom. The molecule has 0 saturated heterocycles. The van der Waals surface area contributed by atoms with E-state index in [1.54, 1.807) is 0 Å². The molecule has 0 heterocycles. The molecular formula is C16H31IO. The maximum atomic E-state index is 6.28. The summed E-state index contributed by atoms with van der Waals surface area (Å²) in [4.78, 5) is 0. The smallest absolute Gasteiger partial charge is 0.0771 e. The van der Waals surface area contributed by atoms with Crippen molar-refractivity contribution in [3.63, 3.8) is 0 Å². The fourth-order valence-electron chi connectivity index (χ4n) is 2.84. The van der Waals surface area contributed by atoms with Crippen molar-refractivity contribution in [1.82, 2.24) is 0 Å². The Bertz CT molecular complexity index is 234. The van der Waals surface area contributed by atoms with Crippen molar-refractivity contribution in [1.29, 1.82) is 0 Å². The molecule has 0 bridgehead atoms. The molecule has 1 nitrogen and oxygen atoms in total. The van der Waals surface area contributed by atoms with Crippen LogP contribution in [0, 0.1) is 17.3 Å². The second kappa shape index (κ2) is 6.92. The average molecular weight is 366 g/mol. The van der Waals surface area contributed by atoms with Gasteiger partial charge in [-0.2, -0.15) is 0 Å². The minimum Gasteiger partial charge on any atom is -0.374 e. The van der Waals surface area contributed by atoms with Gasteiger partial charge in [0.05, 0.1) is 5.60 Å². The zero-order valence-corrected chi connectivity index (χ0v) is 15.0. The van der Waals surface area contributed by atoms with Gasteiger partial charge in [0.15, 0.2) is 0 Å². The molecule has 18 heavy (non-hydrogen) atoms. The van der Waals surface area contributed by atoms with E-state index in [4.69, 9.17) is 4.74 Å². The maximum Gasteiger partial charge on any atom is 0.0771 e. The summed E-state index contributed by atoms with van der Waals surface area (Å²) in [5, 5.41) is 0. The second-order valence-corrected chi connectivity index (χ2v) is 8.25. The van der Waals surface area contributed by atoms with E-state index in [9.17, 15) is 0 Å². The minimum atomic E-state index is 0.192. The number of hydrogen-bond acceptors (Lipinski definition) is 1. The summed E-state index contributed by atoms with van der Waals surface area (Å²) in [5.74, 6) is 1.63. The molecule has 1 rings (SSSR count). The van der Waals surface area contributed by atoms with Crippen molar-refractivity contribution >= 4 is 22.6 Å². The molecule has 0 radical (unpaired) electrons. The van der Waals surface area contributed by atoms with E-state index < -0.39 is 0 Å². The highest BCUT2D eigenvalue weighted by Crippen LogP contribution is 2.43. The van der Waals surface area contributed by atoms with Crippen LogP contribution in [-0.4, -0.2) is 16.6 Å². The van der Waals surface area contributed by atoms with Crippen molar-refractivity contribution in [3.8, 4) is 0 Å². The molecule has 1 saturated carbocycles. The van der Waals surface area contributed by atoms with E-state index >= 15 is 0 Å². The molecule has 108 valence electrons. The van der Waals surface area contributed by atoms with Crippen LogP contribution in [0.3, 0.4) is 0 Å². The van der Waals surface area contributed by atoms with Crippen molar-refractivity contribution in [2.75, 3.05) is 11.0 Å². The topological polar surface area (TPSA) is 9.23 Å². The summed E-state index contributed by atoms with van der Waals surface area (Å²) in [6, 6.07) is 0. The highest BCUT2D eigenvalue weighted by molar-refractivity contribution is 14.1. The van der Waals surface area contributed by atoms with Gasteiger partial charge in [-0.05, 0) is 49.4 Å². The predicted molar refractivity (Wildman–Crippen MR) is 88.4 cm³/mol. The van der Waals surface area contributed by atoms with Gasteiger partial charge in [-0.3, -0.25) is 0 Å². The lowest BCUT2D eigenvalue weighted by Gasteiger charge is -2.43. The standard InChI is InChI=1S/C16H31IO/c1-13(2)8-11-18-16(12-17)9-6-14(7-10-16)15(3,4)5/h13-14H,6-12H2,1-5H3. The van der Waals surface area contributed by atoms with Crippen LogP contribution in [0.2, 0.25) is 0 Å². The summed E-state index contributed by atoms with van der Waals surface area (Å²) >= 11 is 2.52. The van der Waals surface area contributed by atoms with E-state index in [0.29, 0.717) is 5.41 Å². The highest BCUT2D eigenvalue weighted by atomic mass is 127. The third kappa shape index (κ3) is 4.99. The van der Waals surface area contributed by atoms with E-state index in [1.807, 2.05) is 0 Å². The zero-order chi connectivity index (χ0) is 13.8. The Labute approximate surface area is 128 Å². The Morgan fingerprint density at radius 3 is 2.17 bits per heavy atom. The van der Waals surface area contributed by atoms with Gasteiger partial charge in [0.2, 0.25) is 0 Å². The zero-order valence-electron chi connectivity index (χ0n) is 12.9. The normalized spacial score (nSPS) is 29.8. The van der Waals surface area contributed by atoms with Crippen molar-refractivity contribution < 1.29 is 4.74 Å². The van der Waals surface area contributed by atoms with Crippen LogP contribution >= 0.6 is 22.6 Å². The van der Waals surface area contributed by atoms with E-state index in [0.717, 1.165) is 22.9 Å². The molecule has 0 unspecified atom stereocenters. The van der Waals surface area contributed by atoms with Gasteiger partial charge in [0, 0.05) is 11.0 Å². The van der Waals surface area contributed by atoms with Crippen molar-refractivity contribution in [2.45, 2.75) is 72.3 Å². The van der Waals surface area contributed by atoms with Gasteiger partial charge in [-0.1, -0.05) is 57.2 Å². The van der Waals surface area contributed by atoms with Crippen LogP contribution in [0.15, 0.2) is 0 Å². The van der Waals surface area contributed by atoms with Gasteiger partial charge in [0.25, 0.3) is 0 Å². The molecule has 0 atom stereocenters. The first-order valence-electron chi connectivity index (χ1n) is 7.49. The molecule has 0 aromatic heterocycles. The first-order valence-corrected chi connectivity index (χ1v) is 9.01. The fraction of sp³-hybridized carbons (Fsp3) is 1.00. The molecule has 1 aliphatic rings. The summed E-state index contributed by atoms with van der Waals surface area (Å²) in [5.41, 5.74) is 0.659. The van der Waals surface area contributed by atoms with Crippen LogP contribution in [0.5, 0.6) is 0 Å². The lowest BCUT2D eigenvalue weighted by atomic mass is 9.69. The molecule has 2 heteroatoms. The van der Waals surface area contributed by atoms with Crippen molar-refractivity contribution in [3.05, 3.63) is 0 Å². The van der Waals surface area contributed by atoms with E-state index in [1.165, 1.54) is 32.1 Å². The van der Waals surface area contributed by atoms with Crippen LogP contribution in [0.4, 0.5) is 0 Å². The minimum absolute atomic E-state index is 0.192. The summed E-state index contributed by atoms with van der Waals surface area (Å²) in [6.07, 6.45) is 6.40. The molecular weight excluding hydrogens is 335 g/mol. The van der Waals surface area contributed by atoms with Gasteiger partial charge in [0.1, 0.15) is 0 Å². The molecule has 1 aliphatic carbocycles. The molecule has 0 aromatic rings. The first-order chi connectivity index (χ1) is 8.29. The molecule has 0 spiro atoms. The molecule has 1 fully saturated rings. The van der Waals surface area contributed by atoms with E-state index in [2.05, 4.69) is 57.2 Å².